The Hall–Kier alpha value is -18.7. The van der Waals surface area contributed by atoms with Crippen molar-refractivity contribution in [2.45, 2.75) is 41.5 Å². The van der Waals surface area contributed by atoms with E-state index in [1.54, 1.807) is 318 Å². The monoisotopic (exact) mass is 1880 g/mol. The number of ether oxygens (including phenoxy) is 7. The highest BCUT2D eigenvalue weighted by atomic mass is 16.5. The van der Waals surface area contributed by atoms with Gasteiger partial charge in [-0.05, 0) is 295 Å². The third-order valence-electron chi connectivity index (χ3n) is 23.2. The van der Waals surface area contributed by atoms with Crippen LogP contribution in [0.25, 0.3) is 11.1 Å². The van der Waals surface area contributed by atoms with Crippen molar-refractivity contribution in [1.29, 1.82) is 0 Å². The van der Waals surface area contributed by atoms with Gasteiger partial charge in [-0.25, -0.2) is 0 Å². The normalized spacial score (nSPS) is 10.5. The molecule has 18 aromatic rings. The maximum Gasteiger partial charge on any atom is 0.193 e. The Morgan fingerprint density at radius 2 is 0.231 bits per heavy atom. The summed E-state index contributed by atoms with van der Waals surface area (Å²) < 4.78 is 39.6. The molecule has 0 radical (unpaired) electrons. The number of hydrogen-bond acceptors (Lipinski definition) is 17. The molecule has 0 unspecified atom stereocenters. The lowest BCUT2D eigenvalue weighted by molar-refractivity contribution is 0.100. The quantitative estimate of drug-likeness (QED) is 0.0367. The Bertz CT molecular complexity index is 7540. The van der Waals surface area contributed by atoms with Crippen LogP contribution in [0, 0.1) is 27.7 Å². The number of Topliss-reactive ketones (excluding diaryl/α,β-unsaturated/α-hetero) is 2. The Kier molecular flexibility index (Phi) is 32.4. The molecule has 0 heterocycles. The Morgan fingerprint density at radius 1 is 0.133 bits per heavy atom. The van der Waals surface area contributed by atoms with Crippen molar-refractivity contribution in [3.05, 3.63) is 559 Å². The molecule has 0 saturated heterocycles. The third kappa shape index (κ3) is 26.6. The summed E-state index contributed by atoms with van der Waals surface area (Å²) in [5, 5.41) is 0. The SMILES string of the molecule is CC(=O)c1ccc(C(=O)c2ccc(-c3ccc(Oc4ccc(C)cc4)cc3)cc2)cc1.CC(=O)c1ccc(C(=O)c2ccc(Oc3ccc(C(=O)c4ccc(Oc5ccc(C)cc5)cc4)cc3)cc2)cc1.COc1ccc(C(=O)c2ccc(C(=O)c3ccc(Oc4ccc(C)cc4)cc3)cc2)cc1.COc1ccc(C(=O)c2ccc(Oc3ccc(C(=O)c4ccc(C(=O)c5ccc(C)cc5)cc4)cc3)cc2)cc1. The molecule has 17 nitrogen and oxygen atoms in total. The first-order valence-corrected chi connectivity index (χ1v) is 45.8. The minimum absolute atomic E-state index is 0.0152. The summed E-state index contributed by atoms with van der Waals surface area (Å²) in [4.78, 5) is 125. The summed E-state index contributed by atoms with van der Waals surface area (Å²) >= 11 is 0. The highest BCUT2D eigenvalue weighted by molar-refractivity contribution is 6.15. The fourth-order valence-corrected chi connectivity index (χ4v) is 14.9. The molecule has 0 aromatic heterocycles. The molecule has 0 bridgehead atoms. The number of aryl methyl sites for hydroxylation is 4. The number of benzene rings is 18. The molecule has 18 aromatic carbocycles. The van der Waals surface area contributed by atoms with Crippen LogP contribution < -0.4 is 33.2 Å². The van der Waals surface area contributed by atoms with Crippen molar-refractivity contribution in [3.8, 4) is 80.1 Å². The van der Waals surface area contributed by atoms with Crippen molar-refractivity contribution in [1.82, 2.24) is 0 Å². The zero-order chi connectivity index (χ0) is 100. The zero-order valence-electron chi connectivity index (χ0n) is 79.5. The van der Waals surface area contributed by atoms with E-state index in [2.05, 4.69) is 0 Å². The minimum atomic E-state index is -0.151. The fourth-order valence-electron chi connectivity index (χ4n) is 14.9. The smallest absolute Gasteiger partial charge is 0.193 e. The highest BCUT2D eigenvalue weighted by Crippen LogP contribution is 2.33. The molecule has 0 spiro atoms. The summed E-state index contributed by atoms with van der Waals surface area (Å²) in [5.74, 6) is 7.09. The zero-order valence-corrected chi connectivity index (χ0v) is 79.5. The lowest BCUT2D eigenvalue weighted by Crippen LogP contribution is -2.04. The van der Waals surface area contributed by atoms with Gasteiger partial charge in [0.2, 0.25) is 0 Å². The van der Waals surface area contributed by atoms with Crippen molar-refractivity contribution in [3.63, 3.8) is 0 Å². The maximum absolute atomic E-state index is 13.0. The van der Waals surface area contributed by atoms with E-state index in [4.69, 9.17) is 33.2 Å². The average Bonchev–Trinajstić information content (AvgIpc) is 0.835. The number of carbonyl (C=O) groups is 10. The van der Waals surface area contributed by atoms with Gasteiger partial charge in [0.15, 0.2) is 57.8 Å². The average molecular weight is 1880 g/mol. The van der Waals surface area contributed by atoms with E-state index in [-0.39, 0.29) is 57.8 Å². The maximum atomic E-state index is 13.0. The lowest BCUT2D eigenvalue weighted by Gasteiger charge is -2.09. The molecule has 0 aliphatic heterocycles. The van der Waals surface area contributed by atoms with Gasteiger partial charge in [-0.15, -0.1) is 0 Å². The third-order valence-corrected chi connectivity index (χ3v) is 23.2. The molecule has 18 rings (SSSR count). The molecule has 702 valence electrons. The molecule has 17 heteroatoms. The van der Waals surface area contributed by atoms with Crippen LogP contribution in [0.3, 0.4) is 0 Å². The van der Waals surface area contributed by atoms with Gasteiger partial charge >= 0.3 is 0 Å². The number of carbonyl (C=O) groups excluding carboxylic acids is 10. The van der Waals surface area contributed by atoms with E-state index >= 15 is 0 Å². The van der Waals surface area contributed by atoms with E-state index in [1.807, 2.05) is 161 Å². The standard InChI is InChI=1S/2C35H26O5.C28H22O4.C28H22O3/c1-23-3-15-30(16-4-23)39-31-17-11-28(12-18-31)35(38)29-13-21-33(22-14-29)40-32-19-9-27(10-20-32)34(37)26-7-5-25(6-8-26)24(2)36;1-23-3-5-24(6-4-23)33(36)25-7-9-26(10-8-25)34(37)28-13-19-31(20-14-28)40-32-21-15-29(16-22-32)35(38)27-11-17-30(39-2)18-12-27;1-19-3-13-25(14-4-19)32-26-17-11-23(12-18-26)28(30)21-7-5-20(6-8-21)27(29)22-9-15-24(31-2)16-10-22;1-19-3-15-26(16-4-19)31-27-17-13-23(14-18-27)22-7-11-25(12-8-22)28(30)24-9-5-21(6-10-24)20(2)29/h2*3-22H,1-2H3;3-18H,1-2H3;3-18H,1-2H3. The summed E-state index contributed by atoms with van der Waals surface area (Å²) in [6.07, 6.45) is 0. The summed E-state index contributed by atoms with van der Waals surface area (Å²) in [6.45, 7) is 11.1. The van der Waals surface area contributed by atoms with Crippen LogP contribution in [-0.2, 0) is 0 Å². The van der Waals surface area contributed by atoms with Gasteiger partial charge in [0.05, 0.1) is 14.2 Å². The van der Waals surface area contributed by atoms with Gasteiger partial charge in [0.25, 0.3) is 0 Å². The Morgan fingerprint density at radius 3 is 0.378 bits per heavy atom. The number of ketones is 10. The van der Waals surface area contributed by atoms with Gasteiger partial charge in [-0.3, -0.25) is 47.9 Å². The molecule has 0 aliphatic carbocycles. The molecule has 0 aliphatic rings. The highest BCUT2D eigenvalue weighted by Gasteiger charge is 2.21. The molecule has 0 fully saturated rings. The molecule has 143 heavy (non-hydrogen) atoms. The van der Waals surface area contributed by atoms with Crippen LogP contribution >= 0.6 is 0 Å². The van der Waals surface area contributed by atoms with Crippen LogP contribution in [0.4, 0.5) is 0 Å². The van der Waals surface area contributed by atoms with Crippen LogP contribution in [0.2, 0.25) is 0 Å². The number of hydrogen-bond donors (Lipinski definition) is 0. The summed E-state index contributed by atoms with van der Waals surface area (Å²) in [5.41, 5.74) is 16.5. The van der Waals surface area contributed by atoms with E-state index in [0.717, 1.165) is 50.8 Å². The van der Waals surface area contributed by atoms with Gasteiger partial charge in [-0.1, -0.05) is 216 Å². The second-order valence-electron chi connectivity index (χ2n) is 33.6. The first kappa shape index (κ1) is 98.8. The number of methoxy groups -OCH3 is 2. The van der Waals surface area contributed by atoms with Crippen molar-refractivity contribution in [2.75, 3.05) is 14.2 Å². The van der Waals surface area contributed by atoms with Gasteiger partial charge in [0.1, 0.15) is 69.0 Å². The Labute approximate surface area is 828 Å². The van der Waals surface area contributed by atoms with Crippen molar-refractivity contribution < 1.29 is 81.1 Å². The lowest BCUT2D eigenvalue weighted by atomic mass is 9.98. The van der Waals surface area contributed by atoms with Crippen molar-refractivity contribution >= 4 is 57.8 Å². The predicted molar refractivity (Wildman–Crippen MR) is 555 cm³/mol. The van der Waals surface area contributed by atoms with Crippen LogP contribution in [-0.4, -0.2) is 72.1 Å². The van der Waals surface area contributed by atoms with Crippen LogP contribution in [0.5, 0.6) is 69.0 Å². The molecule has 0 amide bonds. The first-order valence-electron chi connectivity index (χ1n) is 45.8. The topological polar surface area (TPSA) is 235 Å². The van der Waals surface area contributed by atoms with E-state index < -0.39 is 0 Å². The summed E-state index contributed by atoms with van der Waals surface area (Å²) in [6, 6.07) is 129. The minimum Gasteiger partial charge on any atom is -0.497 e. The molecule has 0 N–H and O–H groups in total. The van der Waals surface area contributed by atoms with Crippen LogP contribution in [0.1, 0.15) is 184 Å². The second kappa shape index (κ2) is 46.9. The molecule has 0 saturated carbocycles. The van der Waals surface area contributed by atoms with Crippen molar-refractivity contribution in [2.24, 2.45) is 0 Å². The van der Waals surface area contributed by atoms with Gasteiger partial charge in [-0.2, -0.15) is 0 Å². The largest absolute Gasteiger partial charge is 0.497 e. The molecular weight excluding hydrogens is 1790 g/mol. The second-order valence-corrected chi connectivity index (χ2v) is 33.6. The van der Waals surface area contributed by atoms with E-state index in [1.165, 1.54) is 19.4 Å². The number of rotatable bonds is 31. The summed E-state index contributed by atoms with van der Waals surface area (Å²) in [7, 11) is 3.16. The first-order chi connectivity index (χ1) is 69.3. The molecular formula is C126H96O17. The predicted octanol–water partition coefficient (Wildman–Crippen LogP) is 28.9. The molecule has 0 atom stereocenters. The van der Waals surface area contributed by atoms with Gasteiger partial charge in [0, 0.05) is 100 Å². The van der Waals surface area contributed by atoms with Crippen LogP contribution in [0.15, 0.2) is 437 Å². The van der Waals surface area contributed by atoms with Gasteiger partial charge < -0.3 is 33.2 Å². The van der Waals surface area contributed by atoms with E-state index in [0.29, 0.717) is 146 Å². The van der Waals surface area contributed by atoms with E-state index in [9.17, 15) is 47.9 Å². The Balaban J connectivity index is 0.000000145. The fraction of sp³-hybridized carbons (Fsp3) is 0.0635.